The van der Waals surface area contributed by atoms with Gasteiger partial charge in [-0.2, -0.15) is 0 Å². The molecule has 6 heteroatoms. The van der Waals surface area contributed by atoms with Crippen LogP contribution in [0.5, 0.6) is 0 Å². The van der Waals surface area contributed by atoms with E-state index in [1.807, 2.05) is 0 Å². The summed E-state index contributed by atoms with van der Waals surface area (Å²) in [6, 6.07) is 0. The van der Waals surface area contributed by atoms with E-state index in [1.54, 1.807) is 6.92 Å². The maximum atomic E-state index is 11.4. The molecule has 0 fully saturated rings. The van der Waals surface area contributed by atoms with Crippen molar-refractivity contribution in [2.45, 2.75) is 32.3 Å². The second-order valence-electron chi connectivity index (χ2n) is 2.69. The molecule has 86 valence electrons. The summed E-state index contributed by atoms with van der Waals surface area (Å²) < 4.78 is 9.07. The molecule has 0 aliphatic rings. The Balaban J connectivity index is 4.92. The third kappa shape index (κ3) is 3.51. The molecule has 0 spiro atoms. The quantitative estimate of drug-likeness (QED) is 0.405. The first-order valence-corrected chi connectivity index (χ1v) is 4.85. The van der Waals surface area contributed by atoms with Crippen LogP contribution in [0.15, 0.2) is 0 Å². The predicted octanol–water partition coefficient (Wildman–Crippen LogP) is 1.03. The lowest BCUT2D eigenvalue weighted by Gasteiger charge is -2.21. The molecule has 1 atom stereocenters. The predicted molar refractivity (Wildman–Crippen MR) is 52.3 cm³/mol. The maximum absolute atomic E-state index is 11.4. The van der Waals surface area contributed by atoms with E-state index >= 15 is 0 Å². The van der Waals surface area contributed by atoms with Crippen molar-refractivity contribution in [2.24, 2.45) is 0 Å². The molecule has 1 unspecified atom stereocenters. The zero-order valence-electron chi connectivity index (χ0n) is 8.83. The normalized spacial score (nSPS) is 13.9. The van der Waals surface area contributed by atoms with Gasteiger partial charge in [-0.05, 0) is 6.92 Å². The van der Waals surface area contributed by atoms with Crippen LogP contribution in [0.4, 0.5) is 0 Å². The molecule has 0 aromatic carbocycles. The molecule has 0 aromatic heterocycles. The van der Waals surface area contributed by atoms with Crippen molar-refractivity contribution < 1.29 is 23.9 Å². The first-order chi connectivity index (χ1) is 6.88. The molecular weight excluding hydrogens is 224 g/mol. The highest BCUT2D eigenvalue weighted by atomic mass is 35.5. The second-order valence-corrected chi connectivity index (χ2v) is 3.22. The fourth-order valence-electron chi connectivity index (χ4n) is 0.862. The number of hydrogen-bond acceptors (Lipinski definition) is 5. The van der Waals surface area contributed by atoms with E-state index in [0.29, 0.717) is 0 Å². The Kier molecular flexibility index (Phi) is 5.28. The van der Waals surface area contributed by atoms with Crippen LogP contribution in [-0.4, -0.2) is 29.4 Å². The molecular formula is C9H13ClO5. The molecule has 0 aliphatic carbocycles. The Morgan fingerprint density at radius 1 is 1.27 bits per heavy atom. The van der Waals surface area contributed by atoms with Crippen LogP contribution in [0.3, 0.4) is 0 Å². The van der Waals surface area contributed by atoms with Crippen LogP contribution in [0.1, 0.15) is 27.2 Å². The van der Waals surface area contributed by atoms with Gasteiger partial charge in [0.2, 0.25) is 5.78 Å². The number of rotatable bonds is 5. The number of Topliss-reactive ketones (excluding diaryl/α,β-unsaturated/α-hetero) is 1. The fourth-order valence-corrected chi connectivity index (χ4v) is 1.16. The minimum absolute atomic E-state index is 0.0321. The average Bonchev–Trinajstić information content (AvgIpc) is 2.15. The Labute approximate surface area is 92.7 Å². The van der Waals surface area contributed by atoms with Crippen molar-refractivity contribution in [1.82, 2.24) is 0 Å². The number of carbonyl (C=O) groups excluding carboxylic acids is 3. The van der Waals surface area contributed by atoms with Crippen molar-refractivity contribution in [2.75, 3.05) is 6.61 Å². The number of halogens is 1. The lowest BCUT2D eigenvalue weighted by Crippen LogP contribution is -2.46. The van der Waals surface area contributed by atoms with Gasteiger partial charge >= 0.3 is 17.0 Å². The molecule has 15 heavy (non-hydrogen) atoms. The third-order valence-corrected chi connectivity index (χ3v) is 1.94. The molecule has 0 heterocycles. The van der Waals surface area contributed by atoms with Crippen molar-refractivity contribution in [3.05, 3.63) is 0 Å². The average molecular weight is 237 g/mol. The van der Waals surface area contributed by atoms with Gasteiger partial charge in [0.15, 0.2) is 0 Å². The summed E-state index contributed by atoms with van der Waals surface area (Å²) in [5.74, 6) is -2.59. The van der Waals surface area contributed by atoms with Gasteiger partial charge in [0.1, 0.15) is 0 Å². The summed E-state index contributed by atoms with van der Waals surface area (Å²) in [6.07, 6.45) is -0.0321. The lowest BCUT2D eigenvalue weighted by molar-refractivity contribution is -0.174. The largest absolute Gasteiger partial charge is 0.462 e. The molecule has 0 saturated carbocycles. The van der Waals surface area contributed by atoms with Crippen molar-refractivity contribution in [3.8, 4) is 0 Å². The van der Waals surface area contributed by atoms with Crippen molar-refractivity contribution in [1.29, 1.82) is 0 Å². The summed E-state index contributed by atoms with van der Waals surface area (Å²) in [6.45, 7) is 4.16. The Hall–Kier alpha value is -1.10. The third-order valence-electron chi connectivity index (χ3n) is 1.50. The minimum atomic E-state index is -2.34. The molecule has 0 amide bonds. The SMILES string of the molecule is CCOC(=O)C(Cl)(OC(C)=O)C(=O)CC. The Bertz CT molecular complexity index is 276. The molecule has 0 N–H and O–H groups in total. The molecule has 0 saturated heterocycles. The first-order valence-electron chi connectivity index (χ1n) is 4.47. The first kappa shape index (κ1) is 13.9. The Morgan fingerprint density at radius 3 is 2.13 bits per heavy atom. The Morgan fingerprint density at radius 2 is 1.80 bits per heavy atom. The number of hydrogen-bond donors (Lipinski definition) is 0. The van der Waals surface area contributed by atoms with Crippen LogP contribution in [0.25, 0.3) is 0 Å². The lowest BCUT2D eigenvalue weighted by atomic mass is 10.2. The van der Waals surface area contributed by atoms with Gasteiger partial charge in [-0.1, -0.05) is 18.5 Å². The highest BCUT2D eigenvalue weighted by molar-refractivity contribution is 6.44. The summed E-state index contributed by atoms with van der Waals surface area (Å²) in [5, 5.41) is -2.34. The fraction of sp³-hybridized carbons (Fsp3) is 0.667. The van der Waals surface area contributed by atoms with E-state index in [-0.39, 0.29) is 13.0 Å². The van der Waals surface area contributed by atoms with E-state index < -0.39 is 22.8 Å². The topological polar surface area (TPSA) is 69.7 Å². The second kappa shape index (κ2) is 5.70. The molecule has 0 rings (SSSR count). The van der Waals surface area contributed by atoms with E-state index in [2.05, 4.69) is 9.47 Å². The molecule has 5 nitrogen and oxygen atoms in total. The number of alkyl halides is 1. The van der Waals surface area contributed by atoms with E-state index in [1.165, 1.54) is 6.92 Å². The van der Waals surface area contributed by atoms with Crippen LogP contribution < -0.4 is 0 Å². The highest BCUT2D eigenvalue weighted by Gasteiger charge is 2.48. The van der Waals surface area contributed by atoms with Crippen LogP contribution in [-0.2, 0) is 23.9 Å². The summed E-state index contributed by atoms with van der Waals surface area (Å²) in [4.78, 5) is 33.4. The van der Waals surface area contributed by atoms with Crippen LogP contribution >= 0.6 is 11.6 Å². The van der Waals surface area contributed by atoms with E-state index in [0.717, 1.165) is 6.92 Å². The van der Waals surface area contributed by atoms with Crippen molar-refractivity contribution in [3.63, 3.8) is 0 Å². The van der Waals surface area contributed by atoms with Gasteiger partial charge in [-0.3, -0.25) is 9.59 Å². The minimum Gasteiger partial charge on any atom is -0.462 e. The highest BCUT2D eigenvalue weighted by Crippen LogP contribution is 2.22. The molecule has 0 bridgehead atoms. The van der Waals surface area contributed by atoms with E-state index in [4.69, 9.17) is 11.6 Å². The maximum Gasteiger partial charge on any atom is 0.375 e. The standard InChI is InChI=1S/C9H13ClO5/c1-4-7(12)9(10,15-6(3)11)8(13)14-5-2/h4-5H2,1-3H3. The van der Waals surface area contributed by atoms with Gasteiger partial charge in [0.25, 0.3) is 0 Å². The summed E-state index contributed by atoms with van der Waals surface area (Å²) >= 11 is 5.65. The van der Waals surface area contributed by atoms with Gasteiger partial charge in [-0.15, -0.1) is 0 Å². The van der Waals surface area contributed by atoms with Crippen LogP contribution in [0, 0.1) is 0 Å². The smallest absolute Gasteiger partial charge is 0.375 e. The van der Waals surface area contributed by atoms with Gasteiger partial charge in [0.05, 0.1) is 6.61 Å². The molecule has 0 radical (unpaired) electrons. The van der Waals surface area contributed by atoms with E-state index in [9.17, 15) is 14.4 Å². The zero-order chi connectivity index (χ0) is 12.1. The summed E-state index contributed by atoms with van der Waals surface area (Å²) in [7, 11) is 0. The molecule has 0 aliphatic heterocycles. The van der Waals surface area contributed by atoms with Gasteiger partial charge in [-0.25, -0.2) is 4.79 Å². The van der Waals surface area contributed by atoms with Gasteiger partial charge < -0.3 is 9.47 Å². The summed E-state index contributed by atoms with van der Waals surface area (Å²) in [5.41, 5.74) is 0. The number of carbonyl (C=O) groups is 3. The van der Waals surface area contributed by atoms with Gasteiger partial charge in [0, 0.05) is 13.3 Å². The van der Waals surface area contributed by atoms with Crippen LogP contribution in [0.2, 0.25) is 0 Å². The number of esters is 2. The number of ketones is 1. The zero-order valence-corrected chi connectivity index (χ0v) is 9.59. The molecule has 0 aromatic rings. The van der Waals surface area contributed by atoms with Crippen molar-refractivity contribution >= 4 is 29.3 Å². The number of ether oxygens (including phenoxy) is 2. The monoisotopic (exact) mass is 236 g/mol.